The minimum atomic E-state index is -4.53. The van der Waals surface area contributed by atoms with Gasteiger partial charge in [-0.25, -0.2) is 0 Å². The van der Waals surface area contributed by atoms with Gasteiger partial charge in [0.05, 0.1) is 34.8 Å². The summed E-state index contributed by atoms with van der Waals surface area (Å²) in [6, 6.07) is 9.67. The number of fused-ring (bicyclic) bond motifs is 1. The number of anilines is 1. The Morgan fingerprint density at radius 1 is 0.907 bits per heavy atom. The Labute approximate surface area is 249 Å². The number of benzene rings is 2. The number of rotatable bonds is 7. The highest BCUT2D eigenvalue weighted by molar-refractivity contribution is 6.23. The first-order chi connectivity index (χ1) is 20.5. The SMILES string of the molecule is CCN(CC)C(=O)C1CCCN(C(=O)C2CCN(c3cccc4c3C(=O)N(Cc3cccc(C(F)(F)F)c3)C4=O)CC2)C1. The van der Waals surface area contributed by atoms with Crippen LogP contribution >= 0.6 is 0 Å². The molecule has 1 unspecified atom stereocenters. The second kappa shape index (κ2) is 12.4. The van der Waals surface area contributed by atoms with Crippen molar-refractivity contribution in [3.05, 3.63) is 64.7 Å². The Hall–Kier alpha value is -3.89. The standard InChI is InChI=1S/C32H37F3N4O4/c1-3-36(4-2)29(41)23-9-7-15-38(20-23)28(40)22-13-16-37(17-14-22)26-12-6-11-25-27(26)31(43)39(30(25)42)19-21-8-5-10-24(18-21)32(33,34)35/h5-6,8,10-12,18,22-23H,3-4,7,9,13-17,19-20H2,1-2H3. The molecule has 0 spiro atoms. The van der Waals surface area contributed by atoms with Crippen LogP contribution in [0.3, 0.4) is 0 Å². The maximum Gasteiger partial charge on any atom is 0.416 e. The van der Waals surface area contributed by atoms with Crippen molar-refractivity contribution in [3.8, 4) is 0 Å². The highest BCUT2D eigenvalue weighted by Crippen LogP contribution is 2.36. The molecule has 0 aromatic heterocycles. The molecule has 0 N–H and O–H groups in total. The first-order valence-corrected chi connectivity index (χ1v) is 15.0. The van der Waals surface area contributed by atoms with Crippen molar-refractivity contribution in [3.63, 3.8) is 0 Å². The molecule has 8 nitrogen and oxygen atoms in total. The fourth-order valence-corrected chi connectivity index (χ4v) is 6.55. The number of piperidine rings is 2. The summed E-state index contributed by atoms with van der Waals surface area (Å²) in [5.74, 6) is -1.27. The Kier molecular flexibility index (Phi) is 8.80. The maximum atomic E-state index is 13.5. The second-order valence-corrected chi connectivity index (χ2v) is 11.5. The van der Waals surface area contributed by atoms with E-state index in [1.807, 2.05) is 28.5 Å². The van der Waals surface area contributed by atoms with Crippen LogP contribution in [0.2, 0.25) is 0 Å². The molecule has 2 saturated heterocycles. The quantitative estimate of drug-likeness (QED) is 0.427. The van der Waals surface area contributed by atoms with E-state index in [1.165, 1.54) is 12.1 Å². The van der Waals surface area contributed by atoms with Crippen LogP contribution < -0.4 is 4.90 Å². The lowest BCUT2D eigenvalue weighted by atomic mass is 9.91. The normalized spacial score (nSPS) is 19.6. The zero-order valence-electron chi connectivity index (χ0n) is 24.5. The summed E-state index contributed by atoms with van der Waals surface area (Å²) in [5.41, 5.74) is 0.443. The zero-order chi connectivity index (χ0) is 30.9. The number of hydrogen-bond acceptors (Lipinski definition) is 5. The molecule has 2 fully saturated rings. The number of carbonyl (C=O) groups excluding carboxylic acids is 4. The molecule has 11 heteroatoms. The Morgan fingerprint density at radius 3 is 2.28 bits per heavy atom. The minimum Gasteiger partial charge on any atom is -0.371 e. The molecule has 2 aromatic rings. The number of alkyl halides is 3. The Balaban J connectivity index is 1.24. The van der Waals surface area contributed by atoms with Crippen LogP contribution in [0.4, 0.5) is 18.9 Å². The summed E-state index contributed by atoms with van der Waals surface area (Å²) in [7, 11) is 0. The van der Waals surface area contributed by atoms with Gasteiger partial charge in [0.15, 0.2) is 0 Å². The van der Waals surface area contributed by atoms with Gasteiger partial charge in [-0.05, 0) is 69.4 Å². The van der Waals surface area contributed by atoms with Crippen LogP contribution in [0, 0.1) is 11.8 Å². The number of amides is 4. The third-order valence-corrected chi connectivity index (χ3v) is 8.91. The van der Waals surface area contributed by atoms with Crippen LogP contribution in [-0.4, -0.2) is 77.6 Å². The van der Waals surface area contributed by atoms with Crippen molar-refractivity contribution in [1.82, 2.24) is 14.7 Å². The number of nitrogens with zero attached hydrogens (tertiary/aromatic N) is 4. The van der Waals surface area contributed by atoms with Crippen LogP contribution in [0.5, 0.6) is 0 Å². The van der Waals surface area contributed by atoms with Gasteiger partial charge in [-0.15, -0.1) is 0 Å². The molecule has 5 rings (SSSR count). The number of carbonyl (C=O) groups is 4. The average molecular weight is 599 g/mol. The number of hydrogen-bond donors (Lipinski definition) is 0. The maximum absolute atomic E-state index is 13.5. The van der Waals surface area contributed by atoms with Gasteiger partial charge in [-0.1, -0.05) is 18.2 Å². The van der Waals surface area contributed by atoms with Crippen LogP contribution in [0.15, 0.2) is 42.5 Å². The zero-order valence-corrected chi connectivity index (χ0v) is 24.5. The molecular weight excluding hydrogens is 561 g/mol. The highest BCUT2D eigenvalue weighted by atomic mass is 19.4. The largest absolute Gasteiger partial charge is 0.416 e. The second-order valence-electron chi connectivity index (χ2n) is 11.5. The van der Waals surface area contributed by atoms with Gasteiger partial charge in [0.2, 0.25) is 11.8 Å². The first-order valence-electron chi connectivity index (χ1n) is 15.0. The van der Waals surface area contributed by atoms with Gasteiger partial charge in [0.25, 0.3) is 11.8 Å². The molecule has 3 aliphatic rings. The molecular formula is C32H37F3N4O4. The summed E-state index contributed by atoms with van der Waals surface area (Å²) in [5, 5.41) is 0. The molecule has 3 heterocycles. The smallest absolute Gasteiger partial charge is 0.371 e. The molecule has 230 valence electrons. The third-order valence-electron chi connectivity index (χ3n) is 8.91. The van der Waals surface area contributed by atoms with Gasteiger partial charge in [0.1, 0.15) is 0 Å². The summed E-state index contributed by atoms with van der Waals surface area (Å²) in [4.78, 5) is 59.7. The fraction of sp³-hybridized carbons (Fsp3) is 0.500. The van der Waals surface area contributed by atoms with E-state index in [2.05, 4.69) is 0 Å². The van der Waals surface area contributed by atoms with E-state index in [1.54, 1.807) is 18.2 Å². The number of imide groups is 1. The van der Waals surface area contributed by atoms with E-state index < -0.39 is 23.6 Å². The molecule has 3 aliphatic heterocycles. The summed E-state index contributed by atoms with van der Waals surface area (Å²) >= 11 is 0. The molecule has 43 heavy (non-hydrogen) atoms. The van der Waals surface area contributed by atoms with Crippen molar-refractivity contribution in [2.75, 3.05) is 44.2 Å². The third kappa shape index (κ3) is 6.12. The van der Waals surface area contributed by atoms with E-state index in [0.29, 0.717) is 57.8 Å². The number of likely N-dealkylation sites (tertiary alicyclic amines) is 1. The number of halogens is 3. The molecule has 2 aromatic carbocycles. The Bertz CT molecular complexity index is 1400. The van der Waals surface area contributed by atoms with E-state index in [-0.39, 0.29) is 46.9 Å². The fourth-order valence-electron chi connectivity index (χ4n) is 6.55. The summed E-state index contributed by atoms with van der Waals surface area (Å²) in [6.07, 6.45) is -1.80. The lowest BCUT2D eigenvalue weighted by Crippen LogP contribution is -2.49. The average Bonchev–Trinajstić information content (AvgIpc) is 3.26. The molecule has 1 atom stereocenters. The molecule has 0 aliphatic carbocycles. The molecule has 0 bridgehead atoms. The van der Waals surface area contributed by atoms with Gasteiger partial charge in [-0.3, -0.25) is 24.1 Å². The van der Waals surface area contributed by atoms with Crippen LogP contribution in [-0.2, 0) is 22.3 Å². The molecule has 4 amide bonds. The summed E-state index contributed by atoms with van der Waals surface area (Å²) < 4.78 is 39.6. The van der Waals surface area contributed by atoms with E-state index >= 15 is 0 Å². The monoisotopic (exact) mass is 598 g/mol. The van der Waals surface area contributed by atoms with Gasteiger partial charge < -0.3 is 14.7 Å². The van der Waals surface area contributed by atoms with Crippen molar-refractivity contribution in [2.24, 2.45) is 11.8 Å². The Morgan fingerprint density at radius 2 is 1.60 bits per heavy atom. The van der Waals surface area contributed by atoms with Crippen LogP contribution in [0.25, 0.3) is 0 Å². The minimum absolute atomic E-state index is 0.0634. The van der Waals surface area contributed by atoms with E-state index in [9.17, 15) is 32.3 Å². The van der Waals surface area contributed by atoms with Crippen molar-refractivity contribution in [2.45, 2.75) is 52.3 Å². The van der Waals surface area contributed by atoms with Gasteiger partial charge in [0, 0.05) is 45.2 Å². The predicted octanol–water partition coefficient (Wildman–Crippen LogP) is 4.83. The van der Waals surface area contributed by atoms with E-state index in [4.69, 9.17) is 0 Å². The highest BCUT2D eigenvalue weighted by Gasteiger charge is 2.40. The van der Waals surface area contributed by atoms with Crippen molar-refractivity contribution < 1.29 is 32.3 Å². The van der Waals surface area contributed by atoms with E-state index in [0.717, 1.165) is 29.9 Å². The molecule has 0 saturated carbocycles. The van der Waals surface area contributed by atoms with Gasteiger partial charge >= 0.3 is 6.18 Å². The lowest BCUT2D eigenvalue weighted by molar-refractivity contribution is -0.143. The lowest BCUT2D eigenvalue weighted by Gasteiger charge is -2.39. The van der Waals surface area contributed by atoms with Crippen molar-refractivity contribution >= 4 is 29.3 Å². The molecule has 0 radical (unpaired) electrons. The van der Waals surface area contributed by atoms with Gasteiger partial charge in [-0.2, -0.15) is 13.2 Å². The summed E-state index contributed by atoms with van der Waals surface area (Å²) in [6.45, 7) is 7.07. The van der Waals surface area contributed by atoms with Crippen LogP contribution in [0.1, 0.15) is 71.4 Å². The topological polar surface area (TPSA) is 81.2 Å². The predicted molar refractivity (Wildman–Crippen MR) is 154 cm³/mol. The van der Waals surface area contributed by atoms with Crippen molar-refractivity contribution in [1.29, 1.82) is 0 Å². The first kappa shape index (κ1) is 30.6.